The maximum atomic E-state index is 11.8. The van der Waals surface area contributed by atoms with Crippen LogP contribution in [0, 0.1) is 0 Å². The summed E-state index contributed by atoms with van der Waals surface area (Å²) in [7, 11) is 0. The van der Waals surface area contributed by atoms with Gasteiger partial charge in [0.25, 0.3) is 0 Å². The average molecular weight is 311 g/mol. The Kier molecular flexibility index (Phi) is 4.75. The molecule has 112 valence electrons. The molecule has 3 rings (SSSR count). The van der Waals surface area contributed by atoms with Crippen LogP contribution in [0.15, 0.2) is 48.8 Å². The van der Waals surface area contributed by atoms with Crippen molar-refractivity contribution in [1.29, 1.82) is 0 Å². The Morgan fingerprint density at radius 3 is 2.77 bits per heavy atom. The van der Waals surface area contributed by atoms with Gasteiger partial charge in [0.15, 0.2) is 0 Å². The lowest BCUT2D eigenvalue weighted by molar-refractivity contribution is -0.121. The normalized spacial score (nSPS) is 10.7. The Morgan fingerprint density at radius 2 is 1.95 bits per heavy atom. The highest BCUT2D eigenvalue weighted by Gasteiger charge is 2.05. The Hall–Kier alpha value is -2.27. The van der Waals surface area contributed by atoms with Crippen LogP contribution in [-0.2, 0) is 17.8 Å². The molecule has 5 heteroatoms. The zero-order valence-corrected chi connectivity index (χ0v) is 13.0. The smallest absolute Gasteiger partial charge is 0.220 e. The molecule has 22 heavy (non-hydrogen) atoms. The zero-order chi connectivity index (χ0) is 15.2. The number of nitrogens with one attached hydrogen (secondary N) is 1. The summed E-state index contributed by atoms with van der Waals surface area (Å²) in [4.78, 5) is 20.4. The summed E-state index contributed by atoms with van der Waals surface area (Å²) in [5.74, 6) is 0.0814. The standard InChI is InChI=1S/C17H17N3OS/c21-16(19-12-13-8-10-18-11-9-13)6-3-7-17-20-14-4-1-2-5-15(14)22-17/h1-2,4-5,8-11H,3,6-7,12H2,(H,19,21). The summed E-state index contributed by atoms with van der Waals surface area (Å²) < 4.78 is 1.21. The lowest BCUT2D eigenvalue weighted by Crippen LogP contribution is -2.22. The maximum Gasteiger partial charge on any atom is 0.220 e. The molecule has 0 aliphatic rings. The van der Waals surface area contributed by atoms with Gasteiger partial charge < -0.3 is 5.32 Å². The van der Waals surface area contributed by atoms with E-state index in [4.69, 9.17) is 0 Å². The minimum absolute atomic E-state index is 0.0814. The Bertz CT molecular complexity index is 722. The Morgan fingerprint density at radius 1 is 1.14 bits per heavy atom. The van der Waals surface area contributed by atoms with Crippen molar-refractivity contribution in [2.24, 2.45) is 0 Å². The number of fused-ring (bicyclic) bond motifs is 1. The third-order valence-electron chi connectivity index (χ3n) is 3.37. The lowest BCUT2D eigenvalue weighted by Gasteiger charge is -2.04. The lowest BCUT2D eigenvalue weighted by atomic mass is 10.2. The Labute approximate surface area is 133 Å². The van der Waals surface area contributed by atoms with Gasteiger partial charge in [-0.15, -0.1) is 11.3 Å². The van der Waals surface area contributed by atoms with Crippen molar-refractivity contribution in [3.63, 3.8) is 0 Å². The SMILES string of the molecule is O=C(CCCc1nc2ccccc2s1)NCc1ccncc1. The van der Waals surface area contributed by atoms with E-state index in [1.165, 1.54) is 4.70 Å². The molecule has 4 nitrogen and oxygen atoms in total. The molecule has 0 bridgehead atoms. The number of rotatable bonds is 6. The quantitative estimate of drug-likeness (QED) is 0.759. The van der Waals surface area contributed by atoms with Crippen LogP contribution in [0.3, 0.4) is 0 Å². The van der Waals surface area contributed by atoms with E-state index in [0.717, 1.165) is 28.9 Å². The molecular formula is C17H17N3OS. The predicted molar refractivity (Wildman–Crippen MR) is 88.6 cm³/mol. The summed E-state index contributed by atoms with van der Waals surface area (Å²) in [5, 5.41) is 4.03. The van der Waals surface area contributed by atoms with Crippen LogP contribution in [0.25, 0.3) is 10.2 Å². The molecule has 0 aliphatic carbocycles. The summed E-state index contributed by atoms with van der Waals surface area (Å²) >= 11 is 1.71. The first-order chi connectivity index (χ1) is 10.8. The first kappa shape index (κ1) is 14.7. The van der Waals surface area contributed by atoms with Crippen LogP contribution in [0.1, 0.15) is 23.4 Å². The maximum absolute atomic E-state index is 11.8. The van der Waals surface area contributed by atoms with Crippen molar-refractivity contribution in [3.8, 4) is 0 Å². The molecule has 2 heterocycles. The fourth-order valence-corrected chi connectivity index (χ4v) is 3.23. The summed E-state index contributed by atoms with van der Waals surface area (Å²) in [5.41, 5.74) is 2.11. The van der Waals surface area contributed by atoms with E-state index in [0.29, 0.717) is 13.0 Å². The fraction of sp³-hybridized carbons (Fsp3) is 0.235. The van der Waals surface area contributed by atoms with Crippen molar-refractivity contribution >= 4 is 27.5 Å². The molecule has 0 fully saturated rings. The van der Waals surface area contributed by atoms with Gasteiger partial charge in [-0.05, 0) is 42.7 Å². The fourth-order valence-electron chi connectivity index (χ4n) is 2.22. The van der Waals surface area contributed by atoms with Crippen LogP contribution in [0.5, 0.6) is 0 Å². The van der Waals surface area contributed by atoms with Crippen LogP contribution >= 0.6 is 11.3 Å². The highest BCUT2D eigenvalue weighted by atomic mass is 32.1. The summed E-state index contributed by atoms with van der Waals surface area (Å²) in [6.45, 7) is 0.558. The van der Waals surface area contributed by atoms with Gasteiger partial charge in [0, 0.05) is 25.4 Å². The molecule has 0 unspecified atom stereocenters. The van der Waals surface area contributed by atoms with Crippen LogP contribution < -0.4 is 5.32 Å². The predicted octanol–water partition coefficient (Wildman–Crippen LogP) is 3.33. The van der Waals surface area contributed by atoms with Crippen molar-refractivity contribution in [1.82, 2.24) is 15.3 Å². The molecule has 2 aromatic heterocycles. The molecule has 0 saturated heterocycles. The molecule has 1 amide bonds. The number of carbonyl (C=O) groups excluding carboxylic acids is 1. The number of carbonyl (C=O) groups is 1. The first-order valence-electron chi connectivity index (χ1n) is 7.31. The van der Waals surface area contributed by atoms with E-state index in [1.807, 2.05) is 30.3 Å². The number of benzene rings is 1. The van der Waals surface area contributed by atoms with Crippen molar-refractivity contribution < 1.29 is 4.79 Å². The Balaban J connectivity index is 1.43. The minimum atomic E-state index is 0.0814. The second-order valence-electron chi connectivity index (χ2n) is 5.06. The van der Waals surface area contributed by atoms with Gasteiger partial charge in [0.1, 0.15) is 0 Å². The molecular weight excluding hydrogens is 294 g/mol. The zero-order valence-electron chi connectivity index (χ0n) is 12.2. The van der Waals surface area contributed by atoms with E-state index < -0.39 is 0 Å². The van der Waals surface area contributed by atoms with Crippen LogP contribution in [-0.4, -0.2) is 15.9 Å². The first-order valence-corrected chi connectivity index (χ1v) is 8.13. The van der Waals surface area contributed by atoms with Gasteiger partial charge in [-0.2, -0.15) is 0 Å². The summed E-state index contributed by atoms with van der Waals surface area (Å²) in [6, 6.07) is 11.9. The van der Waals surface area contributed by atoms with Gasteiger partial charge in [-0.1, -0.05) is 12.1 Å². The molecule has 0 spiro atoms. The number of thiazole rings is 1. The van der Waals surface area contributed by atoms with E-state index in [9.17, 15) is 4.79 Å². The van der Waals surface area contributed by atoms with Gasteiger partial charge in [0.2, 0.25) is 5.91 Å². The van der Waals surface area contributed by atoms with Crippen LogP contribution in [0.2, 0.25) is 0 Å². The topological polar surface area (TPSA) is 54.9 Å². The van der Waals surface area contributed by atoms with E-state index in [1.54, 1.807) is 23.7 Å². The second kappa shape index (κ2) is 7.13. The van der Waals surface area contributed by atoms with E-state index >= 15 is 0 Å². The van der Waals surface area contributed by atoms with Gasteiger partial charge in [-0.25, -0.2) is 4.98 Å². The van der Waals surface area contributed by atoms with Crippen molar-refractivity contribution in [3.05, 3.63) is 59.4 Å². The number of pyridine rings is 1. The molecule has 0 radical (unpaired) electrons. The number of nitrogens with zero attached hydrogens (tertiary/aromatic N) is 2. The number of hydrogen-bond donors (Lipinski definition) is 1. The minimum Gasteiger partial charge on any atom is -0.352 e. The monoisotopic (exact) mass is 311 g/mol. The molecule has 0 atom stereocenters. The number of aromatic nitrogens is 2. The molecule has 0 saturated carbocycles. The third-order valence-corrected chi connectivity index (χ3v) is 4.47. The van der Waals surface area contributed by atoms with Crippen molar-refractivity contribution in [2.75, 3.05) is 0 Å². The number of para-hydroxylation sites is 1. The average Bonchev–Trinajstić information content (AvgIpc) is 2.96. The molecule has 1 N–H and O–H groups in total. The van der Waals surface area contributed by atoms with E-state index in [2.05, 4.69) is 21.4 Å². The molecule has 3 aromatic rings. The third kappa shape index (κ3) is 3.89. The number of amides is 1. The largest absolute Gasteiger partial charge is 0.352 e. The van der Waals surface area contributed by atoms with Crippen LogP contribution in [0.4, 0.5) is 0 Å². The molecule has 1 aromatic carbocycles. The summed E-state index contributed by atoms with van der Waals surface area (Å²) in [6.07, 6.45) is 5.66. The number of aryl methyl sites for hydroxylation is 1. The van der Waals surface area contributed by atoms with Gasteiger partial charge in [0.05, 0.1) is 15.2 Å². The second-order valence-corrected chi connectivity index (χ2v) is 6.18. The van der Waals surface area contributed by atoms with Gasteiger partial charge >= 0.3 is 0 Å². The molecule has 0 aliphatic heterocycles. The van der Waals surface area contributed by atoms with Crippen molar-refractivity contribution in [2.45, 2.75) is 25.8 Å². The highest BCUT2D eigenvalue weighted by Crippen LogP contribution is 2.22. The number of hydrogen-bond acceptors (Lipinski definition) is 4. The highest BCUT2D eigenvalue weighted by molar-refractivity contribution is 7.18. The van der Waals surface area contributed by atoms with Gasteiger partial charge in [-0.3, -0.25) is 9.78 Å². The van der Waals surface area contributed by atoms with E-state index in [-0.39, 0.29) is 5.91 Å².